The molecule has 0 saturated carbocycles. The fourth-order valence-electron chi connectivity index (χ4n) is 1.98. The minimum atomic E-state index is -1.01. The van der Waals surface area contributed by atoms with Crippen molar-refractivity contribution in [2.75, 3.05) is 10.6 Å². The number of aromatic nitrogens is 2. The predicted octanol–water partition coefficient (Wildman–Crippen LogP) is 4.68. The van der Waals surface area contributed by atoms with Crippen LogP contribution in [0.15, 0.2) is 52.9 Å². The quantitative estimate of drug-likeness (QED) is 0.596. The van der Waals surface area contributed by atoms with Crippen LogP contribution < -0.4 is 10.6 Å². The first-order valence-electron chi connectivity index (χ1n) is 7.59. The van der Waals surface area contributed by atoms with Gasteiger partial charge in [-0.2, -0.15) is 0 Å². The molecule has 0 aliphatic carbocycles. The average molecular weight is 392 g/mol. The molecule has 2 N–H and O–H groups in total. The van der Waals surface area contributed by atoms with E-state index in [1.54, 1.807) is 6.92 Å². The molecule has 0 bridgehead atoms. The van der Waals surface area contributed by atoms with Crippen LogP contribution in [0.1, 0.15) is 6.92 Å². The third-order valence-corrected chi connectivity index (χ3v) is 5.29. The molecule has 2 aromatic carbocycles. The third-order valence-electron chi connectivity index (χ3n) is 3.27. The molecule has 26 heavy (non-hydrogen) atoms. The second-order valence-electron chi connectivity index (χ2n) is 5.24. The van der Waals surface area contributed by atoms with Crippen molar-refractivity contribution in [2.45, 2.75) is 16.5 Å². The molecule has 0 unspecified atom stereocenters. The van der Waals surface area contributed by atoms with Crippen molar-refractivity contribution in [2.24, 2.45) is 0 Å². The highest BCUT2D eigenvalue weighted by atomic mass is 32.2. The molecule has 1 atom stereocenters. The number of halogens is 2. The molecule has 134 valence electrons. The zero-order chi connectivity index (χ0) is 18.5. The maximum Gasteiger partial charge on any atom is 0.237 e. The molecular weight excluding hydrogens is 378 g/mol. The summed E-state index contributed by atoms with van der Waals surface area (Å²) in [4.78, 5) is 12.2. The monoisotopic (exact) mass is 392 g/mol. The highest BCUT2D eigenvalue weighted by Crippen LogP contribution is 2.30. The molecule has 5 nitrogen and oxygen atoms in total. The highest BCUT2D eigenvalue weighted by Gasteiger charge is 2.18. The summed E-state index contributed by atoms with van der Waals surface area (Å²) in [5.41, 5.74) is 1.09. The number of anilines is 3. The highest BCUT2D eigenvalue weighted by molar-refractivity contribution is 8.02. The van der Waals surface area contributed by atoms with Crippen molar-refractivity contribution in [3.63, 3.8) is 0 Å². The SMILES string of the molecule is C[C@H](Sc1nnc(Nc2ccccc2)s1)C(=O)Nc1ccc(F)c(F)c1. The molecule has 0 aliphatic rings. The molecule has 3 aromatic rings. The lowest BCUT2D eigenvalue weighted by molar-refractivity contribution is -0.115. The van der Waals surface area contributed by atoms with Crippen LogP contribution in [0, 0.1) is 11.6 Å². The molecule has 1 aromatic heterocycles. The fraction of sp³-hybridized carbons (Fsp3) is 0.118. The Bertz CT molecular complexity index is 905. The molecule has 0 spiro atoms. The van der Waals surface area contributed by atoms with E-state index in [1.807, 2.05) is 30.3 Å². The molecule has 0 fully saturated rings. The van der Waals surface area contributed by atoms with Gasteiger partial charge in [0, 0.05) is 17.4 Å². The Balaban J connectivity index is 1.58. The first-order chi connectivity index (χ1) is 12.5. The second-order valence-corrected chi connectivity index (χ2v) is 7.81. The average Bonchev–Trinajstić information content (AvgIpc) is 3.06. The maximum absolute atomic E-state index is 13.2. The number of amides is 1. The normalized spacial score (nSPS) is 11.8. The van der Waals surface area contributed by atoms with Gasteiger partial charge in [0.05, 0.1) is 5.25 Å². The van der Waals surface area contributed by atoms with Crippen molar-refractivity contribution >= 4 is 45.5 Å². The van der Waals surface area contributed by atoms with Crippen molar-refractivity contribution in [1.29, 1.82) is 0 Å². The van der Waals surface area contributed by atoms with Gasteiger partial charge in [-0.3, -0.25) is 4.79 Å². The Morgan fingerprint density at radius 3 is 2.58 bits per heavy atom. The molecule has 1 amide bonds. The van der Waals surface area contributed by atoms with E-state index in [-0.39, 0.29) is 11.6 Å². The Morgan fingerprint density at radius 2 is 1.85 bits per heavy atom. The molecule has 0 aliphatic heterocycles. The number of para-hydroxylation sites is 1. The van der Waals surface area contributed by atoms with Gasteiger partial charge >= 0.3 is 0 Å². The topological polar surface area (TPSA) is 66.9 Å². The summed E-state index contributed by atoms with van der Waals surface area (Å²) in [5.74, 6) is -2.31. The van der Waals surface area contributed by atoms with E-state index in [0.717, 1.165) is 17.8 Å². The van der Waals surface area contributed by atoms with Crippen LogP contribution in [0.2, 0.25) is 0 Å². The van der Waals surface area contributed by atoms with Crippen molar-refractivity contribution in [1.82, 2.24) is 10.2 Å². The van der Waals surface area contributed by atoms with Gasteiger partial charge in [0.1, 0.15) is 0 Å². The van der Waals surface area contributed by atoms with Crippen molar-refractivity contribution in [3.05, 3.63) is 60.2 Å². The first-order valence-corrected chi connectivity index (χ1v) is 9.29. The van der Waals surface area contributed by atoms with E-state index in [9.17, 15) is 13.6 Å². The van der Waals surface area contributed by atoms with Crippen molar-refractivity contribution in [3.8, 4) is 0 Å². The summed E-state index contributed by atoms with van der Waals surface area (Å²) in [6, 6.07) is 12.8. The molecule has 1 heterocycles. The van der Waals surface area contributed by atoms with Crippen LogP contribution in [-0.2, 0) is 4.79 Å². The van der Waals surface area contributed by atoms with Gasteiger partial charge < -0.3 is 10.6 Å². The van der Waals surface area contributed by atoms with E-state index in [0.29, 0.717) is 9.47 Å². The number of carbonyl (C=O) groups is 1. The molecule has 3 rings (SSSR count). The van der Waals surface area contributed by atoms with E-state index in [2.05, 4.69) is 20.8 Å². The zero-order valence-electron chi connectivity index (χ0n) is 13.6. The smallest absolute Gasteiger partial charge is 0.237 e. The maximum atomic E-state index is 13.2. The fourth-order valence-corrected chi connectivity index (χ4v) is 3.89. The number of hydrogen-bond acceptors (Lipinski definition) is 6. The van der Waals surface area contributed by atoms with Crippen LogP contribution in [0.4, 0.5) is 25.3 Å². The Kier molecular flexibility index (Phi) is 5.79. The summed E-state index contributed by atoms with van der Waals surface area (Å²) in [6.07, 6.45) is 0. The van der Waals surface area contributed by atoms with E-state index < -0.39 is 16.9 Å². The molecule has 9 heteroatoms. The minimum absolute atomic E-state index is 0.199. The lowest BCUT2D eigenvalue weighted by Crippen LogP contribution is -2.22. The van der Waals surface area contributed by atoms with E-state index in [4.69, 9.17) is 0 Å². The van der Waals surface area contributed by atoms with E-state index in [1.165, 1.54) is 29.2 Å². The standard InChI is InChI=1S/C17H14F2N4OS2/c1-10(15(24)20-12-7-8-13(18)14(19)9-12)25-17-23-22-16(26-17)21-11-5-3-2-4-6-11/h2-10H,1H3,(H,20,24)(H,21,22)/t10-/m0/s1. The summed E-state index contributed by atoms with van der Waals surface area (Å²) in [5, 5.41) is 13.9. The van der Waals surface area contributed by atoms with Crippen LogP contribution in [0.5, 0.6) is 0 Å². The van der Waals surface area contributed by atoms with Gasteiger partial charge in [-0.25, -0.2) is 8.78 Å². The number of nitrogens with one attached hydrogen (secondary N) is 2. The molecule has 0 saturated heterocycles. The third kappa shape index (κ3) is 4.77. The number of hydrogen-bond donors (Lipinski definition) is 2. The largest absolute Gasteiger partial charge is 0.330 e. The predicted molar refractivity (Wildman–Crippen MR) is 99.9 cm³/mol. The number of benzene rings is 2. The van der Waals surface area contributed by atoms with Gasteiger partial charge in [-0.1, -0.05) is 41.3 Å². The zero-order valence-corrected chi connectivity index (χ0v) is 15.2. The van der Waals surface area contributed by atoms with Gasteiger partial charge in [-0.05, 0) is 31.2 Å². The summed E-state index contributed by atoms with van der Waals surface area (Å²) < 4.78 is 26.8. The number of thioether (sulfide) groups is 1. The molecule has 0 radical (unpaired) electrons. The van der Waals surface area contributed by atoms with Crippen LogP contribution in [0.25, 0.3) is 0 Å². The minimum Gasteiger partial charge on any atom is -0.330 e. The van der Waals surface area contributed by atoms with E-state index >= 15 is 0 Å². The Hall–Kier alpha value is -2.52. The van der Waals surface area contributed by atoms with Crippen LogP contribution in [0.3, 0.4) is 0 Å². The van der Waals surface area contributed by atoms with Gasteiger partial charge in [0.15, 0.2) is 16.0 Å². The number of carbonyl (C=O) groups excluding carboxylic acids is 1. The number of rotatable bonds is 6. The van der Waals surface area contributed by atoms with Crippen molar-refractivity contribution < 1.29 is 13.6 Å². The molecular formula is C17H14F2N4OS2. The van der Waals surface area contributed by atoms with Crippen LogP contribution in [-0.4, -0.2) is 21.4 Å². The first kappa shape index (κ1) is 18.3. The summed E-state index contributed by atoms with van der Waals surface area (Å²) in [7, 11) is 0. The Morgan fingerprint density at radius 1 is 1.08 bits per heavy atom. The number of nitrogens with zero attached hydrogens (tertiary/aromatic N) is 2. The lowest BCUT2D eigenvalue weighted by atomic mass is 10.3. The summed E-state index contributed by atoms with van der Waals surface area (Å²) >= 11 is 2.56. The lowest BCUT2D eigenvalue weighted by Gasteiger charge is -2.10. The van der Waals surface area contributed by atoms with Gasteiger partial charge in [0.2, 0.25) is 11.0 Å². The van der Waals surface area contributed by atoms with Gasteiger partial charge in [-0.15, -0.1) is 10.2 Å². The Labute approximate surface area is 156 Å². The van der Waals surface area contributed by atoms with Crippen LogP contribution >= 0.6 is 23.1 Å². The second kappa shape index (κ2) is 8.24. The summed E-state index contributed by atoms with van der Waals surface area (Å²) in [6.45, 7) is 1.70. The van der Waals surface area contributed by atoms with Gasteiger partial charge in [0.25, 0.3) is 0 Å².